The predicted octanol–water partition coefficient (Wildman–Crippen LogP) is 4.57. The molecule has 2 heterocycles. The zero-order valence-corrected chi connectivity index (χ0v) is 19.1. The zero-order chi connectivity index (χ0) is 24.6. The fourth-order valence-corrected chi connectivity index (χ4v) is 3.72. The van der Waals surface area contributed by atoms with Crippen molar-refractivity contribution in [3.05, 3.63) is 114 Å². The highest BCUT2D eigenvalue weighted by atomic mass is 19.1. The van der Waals surface area contributed by atoms with Crippen molar-refractivity contribution in [2.75, 3.05) is 18.6 Å². The van der Waals surface area contributed by atoms with E-state index in [0.29, 0.717) is 23.4 Å². The number of hydrogen-bond donors (Lipinski definition) is 1. The monoisotopic (exact) mass is 473 g/mol. The van der Waals surface area contributed by atoms with E-state index in [1.54, 1.807) is 80.2 Å². The SMILES string of the molecule is COc1ccc(N(C(=O)c2ccco2)C(C(=O)NCCc2cccc(F)c2)c2cccnc2)cc1. The van der Waals surface area contributed by atoms with Gasteiger partial charge in [-0.3, -0.25) is 19.5 Å². The van der Waals surface area contributed by atoms with E-state index in [1.165, 1.54) is 23.3 Å². The van der Waals surface area contributed by atoms with Crippen molar-refractivity contribution in [3.63, 3.8) is 0 Å². The molecule has 1 N–H and O–H groups in total. The van der Waals surface area contributed by atoms with E-state index in [0.717, 1.165) is 5.56 Å². The van der Waals surface area contributed by atoms with Gasteiger partial charge in [0.15, 0.2) is 5.76 Å². The summed E-state index contributed by atoms with van der Waals surface area (Å²) in [6.07, 6.45) is 4.97. The van der Waals surface area contributed by atoms with Gasteiger partial charge in [-0.25, -0.2) is 4.39 Å². The first kappa shape index (κ1) is 23.7. The molecule has 1 atom stereocenters. The van der Waals surface area contributed by atoms with Gasteiger partial charge in [0.1, 0.15) is 17.6 Å². The van der Waals surface area contributed by atoms with Gasteiger partial charge in [0.2, 0.25) is 5.91 Å². The number of pyridine rings is 1. The Morgan fingerprint density at radius 2 is 1.91 bits per heavy atom. The van der Waals surface area contributed by atoms with Crippen LogP contribution in [-0.4, -0.2) is 30.5 Å². The summed E-state index contributed by atoms with van der Waals surface area (Å²) < 4.78 is 24.1. The lowest BCUT2D eigenvalue weighted by atomic mass is 10.0. The molecule has 7 nitrogen and oxygen atoms in total. The third kappa shape index (κ3) is 5.73. The van der Waals surface area contributed by atoms with Gasteiger partial charge in [-0.1, -0.05) is 18.2 Å². The number of anilines is 1. The molecule has 2 aromatic carbocycles. The summed E-state index contributed by atoms with van der Waals surface area (Å²) in [6.45, 7) is 0.254. The van der Waals surface area contributed by atoms with Crippen LogP contribution in [0.4, 0.5) is 10.1 Å². The first-order chi connectivity index (χ1) is 17.1. The van der Waals surface area contributed by atoms with E-state index in [1.807, 2.05) is 0 Å². The predicted molar refractivity (Wildman–Crippen MR) is 129 cm³/mol. The normalized spacial score (nSPS) is 11.5. The minimum atomic E-state index is -1.04. The Balaban J connectivity index is 1.67. The van der Waals surface area contributed by atoms with Crippen molar-refractivity contribution in [1.29, 1.82) is 0 Å². The molecule has 2 aromatic heterocycles. The molecule has 0 bridgehead atoms. The molecule has 0 aliphatic carbocycles. The minimum absolute atomic E-state index is 0.0854. The molecule has 4 rings (SSSR count). The molecule has 4 aromatic rings. The molecule has 35 heavy (non-hydrogen) atoms. The number of carbonyl (C=O) groups excluding carboxylic acids is 2. The van der Waals surface area contributed by atoms with E-state index in [-0.39, 0.29) is 18.1 Å². The number of benzene rings is 2. The minimum Gasteiger partial charge on any atom is -0.497 e. The maximum atomic E-state index is 13.6. The highest BCUT2D eigenvalue weighted by Crippen LogP contribution is 2.31. The number of amides is 2. The summed E-state index contributed by atoms with van der Waals surface area (Å²) in [5.74, 6) is -0.546. The Morgan fingerprint density at radius 1 is 1.09 bits per heavy atom. The molecule has 0 spiro atoms. The number of furan rings is 1. The molecule has 1 unspecified atom stereocenters. The first-order valence-electron chi connectivity index (χ1n) is 11.0. The fraction of sp³-hybridized carbons (Fsp3) is 0.148. The first-order valence-corrected chi connectivity index (χ1v) is 11.0. The number of halogens is 1. The van der Waals surface area contributed by atoms with E-state index < -0.39 is 17.9 Å². The molecule has 0 radical (unpaired) electrons. The smallest absolute Gasteiger partial charge is 0.294 e. The van der Waals surface area contributed by atoms with E-state index >= 15 is 0 Å². The fourth-order valence-electron chi connectivity index (χ4n) is 3.72. The summed E-state index contributed by atoms with van der Waals surface area (Å²) in [6, 6.07) is 18.6. The number of nitrogens with one attached hydrogen (secondary N) is 1. The molecule has 2 amide bonds. The van der Waals surface area contributed by atoms with Gasteiger partial charge in [0.25, 0.3) is 5.91 Å². The van der Waals surface area contributed by atoms with Crippen LogP contribution in [-0.2, 0) is 11.2 Å². The third-order valence-corrected chi connectivity index (χ3v) is 5.41. The Hall–Kier alpha value is -4.46. The number of ether oxygens (including phenoxy) is 1. The summed E-state index contributed by atoms with van der Waals surface area (Å²) in [5.41, 5.74) is 1.75. The molecule has 0 saturated carbocycles. The number of rotatable bonds is 9. The van der Waals surface area contributed by atoms with Crippen molar-refractivity contribution < 1.29 is 23.1 Å². The lowest BCUT2D eigenvalue weighted by Crippen LogP contribution is -2.44. The van der Waals surface area contributed by atoms with Crippen LogP contribution < -0.4 is 15.0 Å². The van der Waals surface area contributed by atoms with Gasteiger partial charge in [-0.2, -0.15) is 0 Å². The number of methoxy groups -OCH3 is 1. The molecular formula is C27H24FN3O4. The molecule has 0 aliphatic heterocycles. The van der Waals surface area contributed by atoms with Gasteiger partial charge >= 0.3 is 0 Å². The zero-order valence-electron chi connectivity index (χ0n) is 19.1. The lowest BCUT2D eigenvalue weighted by Gasteiger charge is -2.30. The Bertz CT molecular complexity index is 1260. The van der Waals surface area contributed by atoms with E-state index in [9.17, 15) is 14.0 Å². The van der Waals surface area contributed by atoms with E-state index in [4.69, 9.17) is 9.15 Å². The average Bonchev–Trinajstić information content (AvgIpc) is 3.43. The molecule has 0 fully saturated rings. The Morgan fingerprint density at radius 3 is 2.57 bits per heavy atom. The van der Waals surface area contributed by atoms with Crippen molar-refractivity contribution in [3.8, 4) is 5.75 Å². The topological polar surface area (TPSA) is 84.7 Å². The van der Waals surface area contributed by atoms with Crippen LogP contribution in [0.25, 0.3) is 0 Å². The van der Waals surface area contributed by atoms with E-state index in [2.05, 4.69) is 10.3 Å². The molecular weight excluding hydrogens is 449 g/mol. The Kier molecular flexibility index (Phi) is 7.52. The maximum Gasteiger partial charge on any atom is 0.294 e. The third-order valence-electron chi connectivity index (χ3n) is 5.41. The maximum absolute atomic E-state index is 13.6. The molecule has 0 saturated heterocycles. The Labute approximate surface area is 202 Å². The van der Waals surface area contributed by atoms with Crippen LogP contribution in [0.3, 0.4) is 0 Å². The van der Waals surface area contributed by atoms with Crippen LogP contribution in [0, 0.1) is 5.82 Å². The highest BCUT2D eigenvalue weighted by Gasteiger charge is 2.34. The number of nitrogens with zero attached hydrogens (tertiary/aromatic N) is 2. The van der Waals surface area contributed by atoms with Crippen molar-refractivity contribution in [1.82, 2.24) is 10.3 Å². The lowest BCUT2D eigenvalue weighted by molar-refractivity contribution is -0.122. The highest BCUT2D eigenvalue weighted by molar-refractivity contribution is 6.08. The van der Waals surface area contributed by atoms with Gasteiger partial charge in [-0.15, -0.1) is 0 Å². The second-order valence-electron chi connectivity index (χ2n) is 7.71. The van der Waals surface area contributed by atoms with Gasteiger partial charge < -0.3 is 14.5 Å². The standard InChI is InChI=1S/C27H24FN3O4/c1-34-23-11-9-22(10-12-23)31(27(33)24-8-4-16-35-24)25(20-6-3-14-29-18-20)26(32)30-15-13-19-5-2-7-21(28)17-19/h2-12,14,16-18,25H,13,15H2,1H3,(H,30,32). The van der Waals surface area contributed by atoms with Crippen LogP contribution in [0.2, 0.25) is 0 Å². The number of carbonyl (C=O) groups is 2. The summed E-state index contributed by atoms with van der Waals surface area (Å²) in [5, 5.41) is 2.88. The van der Waals surface area contributed by atoms with Crippen molar-refractivity contribution in [2.45, 2.75) is 12.5 Å². The van der Waals surface area contributed by atoms with Gasteiger partial charge in [0, 0.05) is 30.2 Å². The second kappa shape index (κ2) is 11.1. The van der Waals surface area contributed by atoms with Crippen LogP contribution >= 0.6 is 0 Å². The summed E-state index contributed by atoms with van der Waals surface area (Å²) in [4.78, 5) is 32.6. The number of aromatic nitrogens is 1. The second-order valence-corrected chi connectivity index (χ2v) is 7.71. The molecule has 178 valence electrons. The quantitative estimate of drug-likeness (QED) is 0.385. The van der Waals surface area contributed by atoms with Crippen LogP contribution in [0.1, 0.15) is 27.7 Å². The average molecular weight is 474 g/mol. The summed E-state index contributed by atoms with van der Waals surface area (Å²) >= 11 is 0. The largest absolute Gasteiger partial charge is 0.497 e. The van der Waals surface area contributed by atoms with Crippen LogP contribution in [0.5, 0.6) is 5.75 Å². The number of hydrogen-bond acceptors (Lipinski definition) is 5. The van der Waals surface area contributed by atoms with Crippen LogP contribution in [0.15, 0.2) is 95.9 Å². The van der Waals surface area contributed by atoms with Gasteiger partial charge in [-0.05, 0) is 66.6 Å². The van der Waals surface area contributed by atoms with Gasteiger partial charge in [0.05, 0.1) is 13.4 Å². The molecule has 0 aliphatic rings. The van der Waals surface area contributed by atoms with Crippen molar-refractivity contribution >= 4 is 17.5 Å². The molecule has 8 heteroatoms. The summed E-state index contributed by atoms with van der Waals surface area (Å²) in [7, 11) is 1.55. The van der Waals surface area contributed by atoms with Crippen molar-refractivity contribution in [2.24, 2.45) is 0 Å².